The third-order valence-electron chi connectivity index (χ3n) is 4.24. The molecule has 2 heterocycles. The summed E-state index contributed by atoms with van der Waals surface area (Å²) in [7, 11) is 0. The van der Waals surface area contributed by atoms with E-state index in [1.807, 2.05) is 22.8 Å². The Kier molecular flexibility index (Phi) is 3.70. The van der Waals surface area contributed by atoms with E-state index >= 15 is 0 Å². The van der Waals surface area contributed by atoms with E-state index in [1.54, 1.807) is 6.07 Å². The zero-order valence-corrected chi connectivity index (χ0v) is 12.4. The molecule has 0 saturated heterocycles. The Morgan fingerprint density at radius 3 is 2.91 bits per heavy atom. The molecule has 3 rings (SSSR count). The van der Waals surface area contributed by atoms with Crippen molar-refractivity contribution < 1.29 is 5.11 Å². The highest BCUT2D eigenvalue weighted by Gasteiger charge is 2.22. The molecule has 0 aliphatic carbocycles. The van der Waals surface area contributed by atoms with Crippen molar-refractivity contribution in [2.75, 3.05) is 6.54 Å². The van der Waals surface area contributed by atoms with Gasteiger partial charge in [-0.3, -0.25) is 9.69 Å². The third kappa shape index (κ3) is 2.61. The number of hydrogen-bond acceptors (Lipinski definition) is 4. The zero-order chi connectivity index (χ0) is 15.7. The number of hydrogen-bond donors (Lipinski definition) is 1. The summed E-state index contributed by atoms with van der Waals surface area (Å²) >= 11 is 0. The minimum absolute atomic E-state index is 0.158. The lowest BCUT2D eigenvalue weighted by Crippen LogP contribution is -2.36. The smallest absolute Gasteiger partial charge is 0.223 e. The average molecular weight is 295 g/mol. The second kappa shape index (κ2) is 5.66. The maximum absolute atomic E-state index is 11.6. The summed E-state index contributed by atoms with van der Waals surface area (Å²) in [5, 5.41) is 18.5. The highest BCUT2D eigenvalue weighted by molar-refractivity contribution is 5.34. The highest BCUT2D eigenvalue weighted by atomic mass is 16.3. The zero-order valence-electron chi connectivity index (χ0n) is 12.4. The molecule has 112 valence electrons. The van der Waals surface area contributed by atoms with E-state index in [2.05, 4.69) is 17.9 Å². The van der Waals surface area contributed by atoms with Crippen LogP contribution in [0.3, 0.4) is 0 Å². The van der Waals surface area contributed by atoms with Crippen LogP contribution in [0.25, 0.3) is 0 Å². The Labute approximate surface area is 128 Å². The summed E-state index contributed by atoms with van der Waals surface area (Å²) in [6, 6.07) is 11.4. The van der Waals surface area contributed by atoms with E-state index in [-0.39, 0.29) is 17.2 Å². The molecule has 2 aromatic rings. The standard InChI is InChI=1S/C17H17N3O2/c1-12(14-4-2-3-13(7-14)9-18)19-5-6-20-11-17(22)16(21)8-15(20)10-19/h2-4,7-8,11-12,22H,5-6,10H2,1H3. The van der Waals surface area contributed by atoms with Crippen LogP contribution in [0, 0.1) is 11.3 Å². The number of fused-ring (bicyclic) bond motifs is 1. The first-order valence-corrected chi connectivity index (χ1v) is 7.25. The van der Waals surface area contributed by atoms with Crippen molar-refractivity contribution in [2.45, 2.75) is 26.1 Å². The van der Waals surface area contributed by atoms with Gasteiger partial charge in [0.25, 0.3) is 0 Å². The Bertz CT molecular complexity index is 804. The fraction of sp³-hybridized carbons (Fsp3) is 0.294. The summed E-state index contributed by atoms with van der Waals surface area (Å²) < 4.78 is 1.92. The second-order valence-corrected chi connectivity index (χ2v) is 5.59. The molecule has 5 heteroatoms. The van der Waals surface area contributed by atoms with Gasteiger partial charge in [0, 0.05) is 37.4 Å². The number of pyridine rings is 1. The van der Waals surface area contributed by atoms with E-state index in [1.165, 1.54) is 12.3 Å². The number of benzene rings is 1. The van der Waals surface area contributed by atoms with Gasteiger partial charge >= 0.3 is 0 Å². The number of nitriles is 1. The Balaban J connectivity index is 1.86. The molecule has 5 nitrogen and oxygen atoms in total. The molecule has 0 spiro atoms. The lowest BCUT2D eigenvalue weighted by molar-refractivity contribution is 0.164. The minimum atomic E-state index is -0.341. The van der Waals surface area contributed by atoms with Crippen LogP contribution in [0.5, 0.6) is 5.75 Å². The molecular weight excluding hydrogens is 278 g/mol. The number of nitrogens with zero attached hydrogens (tertiary/aromatic N) is 3. The molecule has 1 atom stereocenters. The van der Waals surface area contributed by atoms with Gasteiger partial charge in [-0.05, 0) is 24.6 Å². The molecule has 1 unspecified atom stereocenters. The predicted octanol–water partition coefficient (Wildman–Crippen LogP) is 2.00. The number of aromatic nitrogens is 1. The normalized spacial score (nSPS) is 15.8. The second-order valence-electron chi connectivity index (χ2n) is 5.59. The van der Waals surface area contributed by atoms with Crippen molar-refractivity contribution in [3.05, 3.63) is 63.6 Å². The lowest BCUT2D eigenvalue weighted by atomic mass is 10.0. The summed E-state index contributed by atoms with van der Waals surface area (Å²) in [6.45, 7) is 4.30. The summed E-state index contributed by atoms with van der Waals surface area (Å²) in [5.74, 6) is -0.202. The van der Waals surface area contributed by atoms with Gasteiger partial charge in [0.1, 0.15) is 0 Å². The lowest BCUT2D eigenvalue weighted by Gasteiger charge is -2.34. The first-order valence-electron chi connectivity index (χ1n) is 7.25. The van der Waals surface area contributed by atoms with Crippen LogP contribution in [-0.4, -0.2) is 21.1 Å². The van der Waals surface area contributed by atoms with Gasteiger partial charge in [-0.2, -0.15) is 5.26 Å². The fourth-order valence-electron chi connectivity index (χ4n) is 2.88. The SMILES string of the molecule is CC(c1cccc(C#N)c1)N1CCn2cc(O)c(=O)cc2C1. The van der Waals surface area contributed by atoms with Crippen LogP contribution in [0.1, 0.15) is 29.8 Å². The monoisotopic (exact) mass is 295 g/mol. The van der Waals surface area contributed by atoms with Gasteiger partial charge < -0.3 is 9.67 Å². The van der Waals surface area contributed by atoms with Gasteiger partial charge in [0.2, 0.25) is 5.43 Å². The highest BCUT2D eigenvalue weighted by Crippen LogP contribution is 2.25. The van der Waals surface area contributed by atoms with E-state index in [0.717, 1.165) is 24.3 Å². The van der Waals surface area contributed by atoms with Gasteiger partial charge in [-0.15, -0.1) is 0 Å². The van der Waals surface area contributed by atoms with Crippen molar-refractivity contribution in [1.82, 2.24) is 9.47 Å². The van der Waals surface area contributed by atoms with Gasteiger partial charge in [-0.1, -0.05) is 12.1 Å². The quantitative estimate of drug-likeness (QED) is 0.920. The minimum Gasteiger partial charge on any atom is -0.503 e. The number of aromatic hydroxyl groups is 1. The van der Waals surface area contributed by atoms with Crippen molar-refractivity contribution >= 4 is 0 Å². The molecule has 1 aliphatic heterocycles. The first-order chi connectivity index (χ1) is 10.6. The Hall–Kier alpha value is -2.58. The molecule has 1 aromatic heterocycles. The average Bonchev–Trinajstić information content (AvgIpc) is 2.55. The molecule has 0 bridgehead atoms. The van der Waals surface area contributed by atoms with Gasteiger partial charge in [-0.25, -0.2) is 0 Å². The van der Waals surface area contributed by atoms with Gasteiger partial charge in [0.05, 0.1) is 17.8 Å². The van der Waals surface area contributed by atoms with Crippen molar-refractivity contribution in [2.24, 2.45) is 0 Å². The van der Waals surface area contributed by atoms with E-state index in [9.17, 15) is 9.90 Å². The van der Waals surface area contributed by atoms with Crippen LogP contribution in [-0.2, 0) is 13.1 Å². The molecule has 0 fully saturated rings. The number of rotatable bonds is 2. The fourth-order valence-corrected chi connectivity index (χ4v) is 2.88. The van der Waals surface area contributed by atoms with Gasteiger partial charge in [0.15, 0.2) is 5.75 Å². The van der Waals surface area contributed by atoms with E-state index < -0.39 is 0 Å². The molecule has 0 saturated carbocycles. The largest absolute Gasteiger partial charge is 0.503 e. The molecule has 22 heavy (non-hydrogen) atoms. The summed E-state index contributed by atoms with van der Waals surface area (Å²) in [6.07, 6.45) is 1.51. The molecular formula is C17H17N3O2. The Morgan fingerprint density at radius 2 is 2.14 bits per heavy atom. The Morgan fingerprint density at radius 1 is 1.32 bits per heavy atom. The maximum atomic E-state index is 11.6. The van der Waals surface area contributed by atoms with Crippen LogP contribution in [0.15, 0.2) is 41.3 Å². The van der Waals surface area contributed by atoms with Crippen LogP contribution in [0.2, 0.25) is 0 Å². The van der Waals surface area contributed by atoms with Crippen molar-refractivity contribution in [3.8, 4) is 11.8 Å². The van der Waals surface area contributed by atoms with Crippen molar-refractivity contribution in [3.63, 3.8) is 0 Å². The van der Waals surface area contributed by atoms with Crippen LogP contribution in [0.4, 0.5) is 0 Å². The molecule has 0 radical (unpaired) electrons. The predicted molar refractivity (Wildman–Crippen MR) is 82.3 cm³/mol. The van der Waals surface area contributed by atoms with E-state index in [0.29, 0.717) is 12.1 Å². The summed E-state index contributed by atoms with van der Waals surface area (Å²) in [4.78, 5) is 13.9. The topological polar surface area (TPSA) is 69.3 Å². The molecule has 1 aliphatic rings. The third-order valence-corrected chi connectivity index (χ3v) is 4.24. The maximum Gasteiger partial charge on any atom is 0.223 e. The molecule has 1 aromatic carbocycles. The van der Waals surface area contributed by atoms with E-state index in [4.69, 9.17) is 5.26 Å². The molecule has 0 amide bonds. The van der Waals surface area contributed by atoms with Crippen LogP contribution < -0.4 is 5.43 Å². The molecule has 1 N–H and O–H groups in total. The summed E-state index contributed by atoms with van der Waals surface area (Å²) in [5.41, 5.74) is 2.31. The van der Waals surface area contributed by atoms with Crippen molar-refractivity contribution in [1.29, 1.82) is 5.26 Å². The van der Waals surface area contributed by atoms with Crippen LogP contribution >= 0.6 is 0 Å². The first kappa shape index (κ1) is 14.4.